The molecule has 2 fully saturated rings. The molecule has 1 N–H and O–H groups in total. The normalized spacial score (nSPS) is 26.1. The van der Waals surface area contributed by atoms with Gasteiger partial charge in [0.25, 0.3) is 5.69 Å². The minimum atomic E-state index is -0.395. The number of anilines is 1. The summed E-state index contributed by atoms with van der Waals surface area (Å²) in [7, 11) is 0. The molecule has 1 aromatic rings. The fourth-order valence-electron chi connectivity index (χ4n) is 4.30. The molecule has 1 heterocycles. The molecule has 2 aliphatic rings. The molecule has 7 nitrogen and oxygen atoms in total. The second-order valence-electron chi connectivity index (χ2n) is 8.09. The Balaban J connectivity index is 1.52. The zero-order valence-electron chi connectivity index (χ0n) is 16.6. The Morgan fingerprint density at radius 1 is 1.25 bits per heavy atom. The molecule has 1 amide bonds. The van der Waals surface area contributed by atoms with E-state index in [2.05, 4.69) is 24.1 Å². The van der Waals surface area contributed by atoms with Gasteiger partial charge in [0.15, 0.2) is 0 Å². The summed E-state index contributed by atoms with van der Waals surface area (Å²) < 4.78 is 0. The Morgan fingerprint density at radius 2 is 1.96 bits per heavy atom. The molecule has 3 unspecified atom stereocenters. The van der Waals surface area contributed by atoms with E-state index in [4.69, 9.17) is 11.6 Å². The summed E-state index contributed by atoms with van der Waals surface area (Å²) >= 11 is 5.90. The molecular weight excluding hydrogens is 380 g/mol. The number of carbonyl (C=O) groups is 1. The van der Waals surface area contributed by atoms with Crippen LogP contribution in [0.3, 0.4) is 0 Å². The van der Waals surface area contributed by atoms with Crippen molar-refractivity contribution in [3.05, 3.63) is 33.3 Å². The number of nitro groups is 1. The summed E-state index contributed by atoms with van der Waals surface area (Å²) in [4.78, 5) is 27.5. The fourth-order valence-corrected chi connectivity index (χ4v) is 4.46. The maximum atomic E-state index is 12.5. The number of amides is 1. The first kappa shape index (κ1) is 20.9. The average Bonchev–Trinajstić information content (AvgIpc) is 2.66. The summed E-state index contributed by atoms with van der Waals surface area (Å²) in [5, 5.41) is 14.9. The maximum absolute atomic E-state index is 12.5. The number of hydrogen-bond donors (Lipinski definition) is 1. The van der Waals surface area contributed by atoms with Gasteiger partial charge in [-0.3, -0.25) is 19.8 Å². The molecule has 1 aliphatic carbocycles. The molecule has 0 radical (unpaired) electrons. The number of rotatable bonds is 5. The van der Waals surface area contributed by atoms with Crippen LogP contribution in [-0.4, -0.2) is 54.5 Å². The number of benzene rings is 1. The van der Waals surface area contributed by atoms with Crippen LogP contribution in [0, 0.1) is 22.0 Å². The van der Waals surface area contributed by atoms with Gasteiger partial charge in [0.2, 0.25) is 5.91 Å². The van der Waals surface area contributed by atoms with Crippen LogP contribution in [0.4, 0.5) is 11.4 Å². The lowest BCUT2D eigenvalue weighted by Crippen LogP contribution is -2.52. The highest BCUT2D eigenvalue weighted by Gasteiger charge is 2.29. The lowest BCUT2D eigenvalue weighted by atomic mass is 9.78. The standard InChI is InChI=1S/C20H29ClN4O3/c1-14-4-3-5-17(15(14)2)22-20(26)13-23-8-10-24(11-9-23)18-7-6-16(21)12-19(18)25(27)28/h6-7,12,14-15,17H,3-5,8-11,13H2,1-2H3,(H,22,26). The maximum Gasteiger partial charge on any atom is 0.294 e. The average molecular weight is 409 g/mol. The van der Waals surface area contributed by atoms with Gasteiger partial charge in [-0.1, -0.05) is 38.3 Å². The summed E-state index contributed by atoms with van der Waals surface area (Å²) in [6.07, 6.45) is 3.48. The van der Waals surface area contributed by atoms with Crippen LogP contribution in [-0.2, 0) is 4.79 Å². The van der Waals surface area contributed by atoms with Gasteiger partial charge >= 0.3 is 0 Å². The van der Waals surface area contributed by atoms with Crippen molar-refractivity contribution in [2.24, 2.45) is 11.8 Å². The van der Waals surface area contributed by atoms with Crippen molar-refractivity contribution in [1.82, 2.24) is 10.2 Å². The molecule has 1 aromatic carbocycles. The Labute approximate surface area is 171 Å². The Morgan fingerprint density at radius 3 is 2.64 bits per heavy atom. The molecule has 154 valence electrons. The van der Waals surface area contributed by atoms with Crippen LogP contribution in [0.1, 0.15) is 33.1 Å². The minimum absolute atomic E-state index is 0.0269. The van der Waals surface area contributed by atoms with Gasteiger partial charge in [0.1, 0.15) is 5.69 Å². The van der Waals surface area contributed by atoms with Crippen LogP contribution in [0.15, 0.2) is 18.2 Å². The van der Waals surface area contributed by atoms with Crippen LogP contribution < -0.4 is 10.2 Å². The summed E-state index contributed by atoms with van der Waals surface area (Å²) in [5.41, 5.74) is 0.614. The van der Waals surface area contributed by atoms with Crippen molar-refractivity contribution in [1.29, 1.82) is 0 Å². The molecule has 28 heavy (non-hydrogen) atoms. The van der Waals surface area contributed by atoms with Crippen LogP contribution >= 0.6 is 11.6 Å². The number of nitrogens with one attached hydrogen (secondary N) is 1. The number of hydrogen-bond acceptors (Lipinski definition) is 5. The number of carbonyl (C=O) groups excluding carboxylic acids is 1. The molecule has 1 saturated heterocycles. The first-order valence-corrected chi connectivity index (χ1v) is 10.4. The smallest absolute Gasteiger partial charge is 0.294 e. The number of nitrogens with zero attached hydrogens (tertiary/aromatic N) is 3. The number of nitro benzene ring substituents is 1. The second kappa shape index (κ2) is 9.09. The van der Waals surface area contributed by atoms with Gasteiger partial charge in [-0.15, -0.1) is 0 Å². The van der Waals surface area contributed by atoms with E-state index in [1.807, 2.05) is 4.90 Å². The first-order valence-electron chi connectivity index (χ1n) is 10.1. The lowest BCUT2D eigenvalue weighted by Gasteiger charge is -2.37. The van der Waals surface area contributed by atoms with E-state index in [-0.39, 0.29) is 17.6 Å². The Kier molecular flexibility index (Phi) is 6.78. The first-order chi connectivity index (χ1) is 13.3. The topological polar surface area (TPSA) is 78.7 Å². The third-order valence-electron chi connectivity index (χ3n) is 6.27. The van der Waals surface area contributed by atoms with E-state index in [0.717, 1.165) is 6.42 Å². The predicted octanol–water partition coefficient (Wildman–Crippen LogP) is 3.31. The van der Waals surface area contributed by atoms with Crippen molar-refractivity contribution in [2.45, 2.75) is 39.2 Å². The van der Waals surface area contributed by atoms with Crippen LogP contribution in [0.2, 0.25) is 5.02 Å². The quantitative estimate of drug-likeness (QED) is 0.597. The monoisotopic (exact) mass is 408 g/mol. The van der Waals surface area contributed by atoms with Crippen LogP contribution in [0.25, 0.3) is 0 Å². The highest BCUT2D eigenvalue weighted by molar-refractivity contribution is 6.30. The van der Waals surface area contributed by atoms with E-state index in [1.165, 1.54) is 18.9 Å². The molecule has 8 heteroatoms. The highest BCUT2D eigenvalue weighted by atomic mass is 35.5. The third kappa shape index (κ3) is 4.94. The van der Waals surface area contributed by atoms with Crippen molar-refractivity contribution < 1.29 is 9.72 Å². The molecule has 0 aromatic heterocycles. The van der Waals surface area contributed by atoms with Crippen molar-refractivity contribution in [3.63, 3.8) is 0 Å². The Bertz CT molecular complexity index is 721. The fraction of sp³-hybridized carbons (Fsp3) is 0.650. The lowest BCUT2D eigenvalue weighted by molar-refractivity contribution is -0.384. The molecular formula is C20H29ClN4O3. The van der Waals surface area contributed by atoms with Gasteiger partial charge < -0.3 is 10.2 Å². The summed E-state index contributed by atoms with van der Waals surface area (Å²) in [6.45, 7) is 7.56. The molecule has 0 spiro atoms. The molecule has 3 atom stereocenters. The predicted molar refractivity (Wildman–Crippen MR) is 111 cm³/mol. The zero-order chi connectivity index (χ0) is 20.3. The molecule has 3 rings (SSSR count). The number of piperazine rings is 1. The molecule has 1 saturated carbocycles. The van der Waals surface area contributed by atoms with E-state index in [9.17, 15) is 14.9 Å². The summed E-state index contributed by atoms with van der Waals surface area (Å²) in [5.74, 6) is 1.25. The largest absolute Gasteiger partial charge is 0.363 e. The molecule has 1 aliphatic heterocycles. The van der Waals surface area contributed by atoms with Gasteiger partial charge in [0, 0.05) is 43.3 Å². The van der Waals surface area contributed by atoms with E-state index in [1.54, 1.807) is 12.1 Å². The zero-order valence-corrected chi connectivity index (χ0v) is 17.3. The van der Waals surface area contributed by atoms with Gasteiger partial charge in [-0.05, 0) is 30.4 Å². The summed E-state index contributed by atoms with van der Waals surface area (Å²) in [6, 6.07) is 5.04. The van der Waals surface area contributed by atoms with Crippen molar-refractivity contribution >= 4 is 28.9 Å². The van der Waals surface area contributed by atoms with Gasteiger partial charge in [-0.2, -0.15) is 0 Å². The minimum Gasteiger partial charge on any atom is -0.363 e. The van der Waals surface area contributed by atoms with E-state index in [0.29, 0.717) is 55.3 Å². The third-order valence-corrected chi connectivity index (χ3v) is 6.50. The SMILES string of the molecule is CC1CCCC(NC(=O)CN2CCN(c3ccc(Cl)cc3[N+](=O)[O-])CC2)C1C. The van der Waals surface area contributed by atoms with Gasteiger partial charge in [0.05, 0.1) is 11.5 Å². The number of halogens is 1. The van der Waals surface area contributed by atoms with Gasteiger partial charge in [-0.25, -0.2) is 0 Å². The van der Waals surface area contributed by atoms with Crippen molar-refractivity contribution in [3.8, 4) is 0 Å². The van der Waals surface area contributed by atoms with Crippen LogP contribution in [0.5, 0.6) is 0 Å². The Hall–Kier alpha value is -1.86. The van der Waals surface area contributed by atoms with E-state index < -0.39 is 4.92 Å². The second-order valence-corrected chi connectivity index (χ2v) is 8.53. The van der Waals surface area contributed by atoms with Crippen molar-refractivity contribution in [2.75, 3.05) is 37.6 Å². The molecule has 0 bridgehead atoms. The highest BCUT2D eigenvalue weighted by Crippen LogP contribution is 2.32. The van der Waals surface area contributed by atoms with E-state index >= 15 is 0 Å².